The van der Waals surface area contributed by atoms with Gasteiger partial charge in [0.25, 0.3) is 0 Å². The summed E-state index contributed by atoms with van der Waals surface area (Å²) in [6.07, 6.45) is -0.608. The van der Waals surface area contributed by atoms with Crippen molar-refractivity contribution in [1.82, 2.24) is 4.90 Å². The lowest BCUT2D eigenvalue weighted by atomic mass is 10.1. The molecule has 3 aromatic carbocycles. The average molecular weight is 365 g/mol. The highest BCUT2D eigenvalue weighted by atomic mass is 16.5. The van der Waals surface area contributed by atoms with Gasteiger partial charge >= 0.3 is 0 Å². The van der Waals surface area contributed by atoms with E-state index in [1.165, 1.54) is 5.56 Å². The van der Waals surface area contributed by atoms with E-state index >= 15 is 0 Å². The van der Waals surface area contributed by atoms with E-state index in [0.717, 1.165) is 17.3 Å². The maximum Gasteiger partial charge on any atom is 0.127 e. The van der Waals surface area contributed by atoms with Gasteiger partial charge in [-0.2, -0.15) is 0 Å². The first-order valence-corrected chi connectivity index (χ1v) is 9.34. The van der Waals surface area contributed by atoms with Gasteiger partial charge in [0.05, 0.1) is 0 Å². The van der Waals surface area contributed by atoms with Crippen LogP contribution in [0.2, 0.25) is 0 Å². The van der Waals surface area contributed by atoms with Crippen LogP contribution in [-0.2, 0) is 6.54 Å². The molecule has 0 saturated heterocycles. The molecule has 27 heavy (non-hydrogen) atoms. The van der Waals surface area contributed by atoms with Gasteiger partial charge in [0.1, 0.15) is 24.2 Å². The molecule has 1 unspecified atom stereocenters. The molecule has 0 radical (unpaired) electrons. The average Bonchev–Trinajstić information content (AvgIpc) is 2.68. The van der Waals surface area contributed by atoms with Gasteiger partial charge in [-0.25, -0.2) is 0 Å². The Kier molecular flexibility index (Phi) is 6.32. The van der Waals surface area contributed by atoms with Crippen molar-refractivity contribution in [3.8, 4) is 11.5 Å². The maximum absolute atomic E-state index is 10.5. The van der Waals surface area contributed by atoms with Crippen LogP contribution in [0.5, 0.6) is 11.5 Å². The fourth-order valence-corrected chi connectivity index (χ4v) is 3.17. The molecule has 3 aromatic rings. The molecule has 0 amide bonds. The van der Waals surface area contributed by atoms with Gasteiger partial charge in [-0.3, -0.25) is 4.90 Å². The van der Waals surface area contributed by atoms with E-state index in [1.807, 2.05) is 42.5 Å². The van der Waals surface area contributed by atoms with E-state index in [2.05, 4.69) is 30.9 Å². The summed E-state index contributed by atoms with van der Waals surface area (Å²) in [5.74, 6) is 0.897. The monoisotopic (exact) mass is 365 g/mol. The minimum atomic E-state index is -0.608. The van der Waals surface area contributed by atoms with Gasteiger partial charge in [0.2, 0.25) is 0 Å². The lowest BCUT2D eigenvalue weighted by molar-refractivity contribution is 0.0547. The minimum absolute atomic E-state index is 0.201. The molecule has 0 aromatic heterocycles. The fraction of sp³-hybridized carbons (Fsp3) is 0.304. The van der Waals surface area contributed by atoms with Gasteiger partial charge in [-0.05, 0) is 31.5 Å². The van der Waals surface area contributed by atoms with Crippen molar-refractivity contribution < 1.29 is 14.9 Å². The first-order valence-electron chi connectivity index (χ1n) is 9.34. The Labute approximate surface area is 160 Å². The summed E-state index contributed by atoms with van der Waals surface area (Å²) in [4.78, 5) is 2.23. The lowest BCUT2D eigenvalue weighted by Crippen LogP contribution is -2.39. The number of ether oxygens (including phenoxy) is 1. The second-order valence-corrected chi connectivity index (χ2v) is 7.10. The Hall–Kier alpha value is -2.56. The first-order chi connectivity index (χ1) is 13.0. The van der Waals surface area contributed by atoms with Crippen molar-refractivity contribution in [1.29, 1.82) is 0 Å². The van der Waals surface area contributed by atoms with Crippen LogP contribution in [-0.4, -0.2) is 40.4 Å². The lowest BCUT2D eigenvalue weighted by Gasteiger charge is -2.29. The highest BCUT2D eigenvalue weighted by Gasteiger charge is 2.16. The summed E-state index contributed by atoms with van der Waals surface area (Å²) < 4.78 is 5.88. The normalized spacial score (nSPS) is 12.6. The molecule has 4 nitrogen and oxygen atoms in total. The van der Waals surface area contributed by atoms with Crippen molar-refractivity contribution in [2.75, 3.05) is 13.2 Å². The Bertz CT molecular complexity index is 864. The summed E-state index contributed by atoms with van der Waals surface area (Å²) in [5, 5.41) is 22.1. The molecule has 142 valence electrons. The highest BCUT2D eigenvalue weighted by molar-refractivity contribution is 5.92. The van der Waals surface area contributed by atoms with Crippen LogP contribution in [0.1, 0.15) is 19.4 Å². The maximum atomic E-state index is 10.5. The molecule has 0 saturated carbocycles. The third-order valence-corrected chi connectivity index (χ3v) is 4.70. The molecular formula is C23H27NO3. The SMILES string of the molecule is CC(C)N(Cc1ccccc1)CC(O)COc1ccc(O)c2ccccc12. The predicted molar refractivity (Wildman–Crippen MR) is 109 cm³/mol. The van der Waals surface area contributed by atoms with Crippen molar-refractivity contribution in [3.05, 3.63) is 72.3 Å². The van der Waals surface area contributed by atoms with Gasteiger partial charge in [-0.15, -0.1) is 0 Å². The number of aliphatic hydroxyl groups excluding tert-OH is 1. The van der Waals surface area contributed by atoms with Crippen LogP contribution >= 0.6 is 0 Å². The quantitative estimate of drug-likeness (QED) is 0.628. The third-order valence-electron chi connectivity index (χ3n) is 4.70. The fourth-order valence-electron chi connectivity index (χ4n) is 3.17. The number of nitrogens with zero attached hydrogens (tertiary/aromatic N) is 1. The van der Waals surface area contributed by atoms with Crippen molar-refractivity contribution >= 4 is 10.8 Å². The second-order valence-electron chi connectivity index (χ2n) is 7.10. The number of fused-ring (bicyclic) bond motifs is 1. The number of benzene rings is 3. The molecule has 0 aliphatic carbocycles. The first kappa shape index (κ1) is 19.2. The van der Waals surface area contributed by atoms with Crippen LogP contribution in [0, 0.1) is 0 Å². The molecule has 0 fully saturated rings. The summed E-state index contributed by atoms with van der Waals surface area (Å²) in [5.41, 5.74) is 1.23. The van der Waals surface area contributed by atoms with E-state index in [1.54, 1.807) is 12.1 Å². The van der Waals surface area contributed by atoms with E-state index in [-0.39, 0.29) is 12.4 Å². The molecule has 0 aliphatic heterocycles. The topological polar surface area (TPSA) is 52.9 Å². The highest BCUT2D eigenvalue weighted by Crippen LogP contribution is 2.32. The van der Waals surface area contributed by atoms with Crippen LogP contribution < -0.4 is 4.74 Å². The Morgan fingerprint density at radius 3 is 2.26 bits per heavy atom. The van der Waals surface area contributed by atoms with E-state index in [4.69, 9.17) is 4.74 Å². The van der Waals surface area contributed by atoms with Gasteiger partial charge < -0.3 is 14.9 Å². The van der Waals surface area contributed by atoms with Gasteiger partial charge in [-0.1, -0.05) is 54.6 Å². The molecule has 0 bridgehead atoms. The zero-order chi connectivity index (χ0) is 19.2. The zero-order valence-electron chi connectivity index (χ0n) is 15.9. The number of aromatic hydroxyl groups is 1. The van der Waals surface area contributed by atoms with E-state index < -0.39 is 6.10 Å². The van der Waals surface area contributed by atoms with Gasteiger partial charge in [0, 0.05) is 29.9 Å². The van der Waals surface area contributed by atoms with E-state index in [0.29, 0.717) is 18.3 Å². The summed E-state index contributed by atoms with van der Waals surface area (Å²) in [7, 11) is 0. The Morgan fingerprint density at radius 1 is 0.889 bits per heavy atom. The van der Waals surface area contributed by atoms with Crippen molar-refractivity contribution in [2.45, 2.75) is 32.5 Å². The number of hydrogen-bond donors (Lipinski definition) is 2. The number of phenols is 1. The smallest absolute Gasteiger partial charge is 0.127 e. The van der Waals surface area contributed by atoms with Crippen LogP contribution in [0.4, 0.5) is 0 Å². The summed E-state index contributed by atoms with van der Waals surface area (Å²) in [6.45, 7) is 5.78. The predicted octanol–water partition coefficient (Wildman–Crippen LogP) is 4.20. The number of phenolic OH excluding ortho intramolecular Hbond substituents is 1. The Morgan fingerprint density at radius 2 is 1.56 bits per heavy atom. The number of hydrogen-bond acceptors (Lipinski definition) is 4. The van der Waals surface area contributed by atoms with Crippen LogP contribution in [0.3, 0.4) is 0 Å². The Balaban J connectivity index is 1.63. The molecule has 0 heterocycles. The van der Waals surface area contributed by atoms with Crippen molar-refractivity contribution in [2.24, 2.45) is 0 Å². The largest absolute Gasteiger partial charge is 0.507 e. The molecule has 3 rings (SSSR count). The van der Waals surface area contributed by atoms with Crippen LogP contribution in [0.25, 0.3) is 10.8 Å². The molecule has 4 heteroatoms. The number of aliphatic hydroxyl groups is 1. The molecule has 2 N–H and O–H groups in total. The van der Waals surface area contributed by atoms with Crippen LogP contribution in [0.15, 0.2) is 66.7 Å². The summed E-state index contributed by atoms with van der Waals surface area (Å²) >= 11 is 0. The minimum Gasteiger partial charge on any atom is -0.507 e. The number of rotatable bonds is 8. The van der Waals surface area contributed by atoms with Gasteiger partial charge in [0.15, 0.2) is 0 Å². The second kappa shape index (κ2) is 8.89. The third kappa shape index (κ3) is 5.00. The molecular weight excluding hydrogens is 338 g/mol. The molecule has 0 spiro atoms. The molecule has 1 atom stereocenters. The zero-order valence-corrected chi connectivity index (χ0v) is 15.9. The standard InChI is InChI=1S/C23H27NO3/c1-17(2)24(14-18-8-4-3-5-9-18)15-19(25)16-27-23-13-12-22(26)20-10-6-7-11-21(20)23/h3-13,17,19,25-26H,14-16H2,1-2H3. The van der Waals surface area contributed by atoms with Crippen molar-refractivity contribution in [3.63, 3.8) is 0 Å². The summed E-state index contributed by atoms with van der Waals surface area (Å²) in [6, 6.07) is 21.5. The van der Waals surface area contributed by atoms with E-state index in [9.17, 15) is 10.2 Å². The molecule has 0 aliphatic rings.